The molecule has 8 nitrogen and oxygen atoms in total. The maximum atomic E-state index is 12.8. The summed E-state index contributed by atoms with van der Waals surface area (Å²) in [6, 6.07) is 23.3. The van der Waals surface area contributed by atoms with Crippen LogP contribution in [0.1, 0.15) is 21.5 Å². The third-order valence-electron chi connectivity index (χ3n) is 6.46. The van der Waals surface area contributed by atoms with E-state index in [9.17, 15) is 9.59 Å². The average Bonchev–Trinajstić information content (AvgIpc) is 3.41. The smallest absolute Gasteiger partial charge is 0.277 e. The summed E-state index contributed by atoms with van der Waals surface area (Å²) in [6.07, 6.45) is 0. The zero-order valence-corrected chi connectivity index (χ0v) is 22.2. The van der Waals surface area contributed by atoms with E-state index in [0.29, 0.717) is 24.2 Å². The van der Waals surface area contributed by atoms with Gasteiger partial charge in [-0.25, -0.2) is 0 Å². The SMILES string of the molecule is Cc1cccc(C(=O)N2CCN(c3ccc(NC(=O)CSc4nnc(-c5ccccc5C)o4)cc3)CC2)c1. The molecular formula is C29H29N5O3S. The molecule has 1 N–H and O–H groups in total. The first-order valence-electron chi connectivity index (χ1n) is 12.5. The van der Waals surface area contributed by atoms with Crippen molar-refractivity contribution < 1.29 is 14.0 Å². The Kier molecular flexibility index (Phi) is 7.74. The van der Waals surface area contributed by atoms with Crippen LogP contribution < -0.4 is 10.2 Å². The molecule has 1 aliphatic heterocycles. The van der Waals surface area contributed by atoms with Crippen molar-refractivity contribution in [3.8, 4) is 11.5 Å². The summed E-state index contributed by atoms with van der Waals surface area (Å²) >= 11 is 1.20. The fourth-order valence-corrected chi connectivity index (χ4v) is 4.96. The molecule has 0 unspecified atom stereocenters. The van der Waals surface area contributed by atoms with Gasteiger partial charge in [0.15, 0.2) is 0 Å². The Balaban J connectivity index is 1.09. The highest BCUT2D eigenvalue weighted by Crippen LogP contribution is 2.26. The molecule has 1 saturated heterocycles. The minimum atomic E-state index is -0.151. The van der Waals surface area contributed by atoms with Crippen LogP contribution in [0.25, 0.3) is 11.5 Å². The Labute approximate surface area is 226 Å². The van der Waals surface area contributed by atoms with Crippen molar-refractivity contribution in [3.05, 3.63) is 89.5 Å². The molecule has 1 aliphatic rings. The number of piperazine rings is 1. The van der Waals surface area contributed by atoms with Crippen molar-refractivity contribution >= 4 is 35.0 Å². The highest BCUT2D eigenvalue weighted by Gasteiger charge is 2.22. The minimum Gasteiger partial charge on any atom is -0.411 e. The average molecular weight is 528 g/mol. The number of aryl methyl sites for hydroxylation is 2. The van der Waals surface area contributed by atoms with Crippen molar-refractivity contribution in [2.24, 2.45) is 0 Å². The second-order valence-electron chi connectivity index (χ2n) is 9.22. The van der Waals surface area contributed by atoms with Crippen LogP contribution in [0.5, 0.6) is 0 Å². The van der Waals surface area contributed by atoms with Crippen LogP contribution >= 0.6 is 11.8 Å². The number of benzene rings is 3. The summed E-state index contributed by atoms with van der Waals surface area (Å²) < 4.78 is 5.72. The molecule has 1 fully saturated rings. The summed E-state index contributed by atoms with van der Waals surface area (Å²) in [5, 5.41) is 11.4. The number of thioether (sulfide) groups is 1. The van der Waals surface area contributed by atoms with Crippen LogP contribution in [0.2, 0.25) is 0 Å². The Morgan fingerprint density at radius 2 is 1.68 bits per heavy atom. The van der Waals surface area contributed by atoms with Crippen LogP contribution in [0.15, 0.2) is 82.4 Å². The van der Waals surface area contributed by atoms with E-state index in [1.54, 1.807) is 0 Å². The first-order chi connectivity index (χ1) is 18.5. The van der Waals surface area contributed by atoms with E-state index in [4.69, 9.17) is 4.42 Å². The molecule has 194 valence electrons. The first-order valence-corrected chi connectivity index (χ1v) is 13.5. The quantitative estimate of drug-likeness (QED) is 0.337. The summed E-state index contributed by atoms with van der Waals surface area (Å²) in [6.45, 7) is 6.84. The predicted octanol–water partition coefficient (Wildman–Crippen LogP) is 5.05. The number of amides is 2. The maximum Gasteiger partial charge on any atom is 0.277 e. The molecule has 3 aromatic carbocycles. The van der Waals surface area contributed by atoms with Gasteiger partial charge in [0.1, 0.15) is 0 Å². The van der Waals surface area contributed by atoms with Gasteiger partial charge in [-0.05, 0) is 61.9 Å². The van der Waals surface area contributed by atoms with Gasteiger partial charge < -0.3 is 19.5 Å². The maximum absolute atomic E-state index is 12.8. The van der Waals surface area contributed by atoms with E-state index in [1.165, 1.54) is 11.8 Å². The van der Waals surface area contributed by atoms with Gasteiger partial charge in [-0.15, -0.1) is 10.2 Å². The summed E-state index contributed by atoms with van der Waals surface area (Å²) in [4.78, 5) is 29.5. The van der Waals surface area contributed by atoms with Gasteiger partial charge in [0.25, 0.3) is 11.1 Å². The summed E-state index contributed by atoms with van der Waals surface area (Å²) in [5.74, 6) is 0.536. The molecule has 0 saturated carbocycles. The topological polar surface area (TPSA) is 91.6 Å². The Morgan fingerprint density at radius 3 is 2.42 bits per heavy atom. The van der Waals surface area contributed by atoms with Gasteiger partial charge >= 0.3 is 0 Å². The molecule has 2 amide bonds. The number of carbonyl (C=O) groups is 2. The normalized spacial score (nSPS) is 13.4. The van der Waals surface area contributed by atoms with E-state index >= 15 is 0 Å². The van der Waals surface area contributed by atoms with E-state index in [1.807, 2.05) is 91.5 Å². The third-order valence-corrected chi connectivity index (χ3v) is 7.28. The van der Waals surface area contributed by atoms with Gasteiger partial charge in [-0.2, -0.15) is 0 Å². The fraction of sp³-hybridized carbons (Fsp3) is 0.241. The first kappa shape index (κ1) is 25.5. The highest BCUT2D eigenvalue weighted by molar-refractivity contribution is 7.99. The lowest BCUT2D eigenvalue weighted by molar-refractivity contribution is -0.113. The van der Waals surface area contributed by atoms with Gasteiger partial charge in [0, 0.05) is 48.7 Å². The molecule has 2 heterocycles. The van der Waals surface area contributed by atoms with Crippen molar-refractivity contribution in [3.63, 3.8) is 0 Å². The lowest BCUT2D eigenvalue weighted by atomic mass is 10.1. The lowest BCUT2D eigenvalue weighted by Crippen LogP contribution is -2.48. The standard InChI is InChI=1S/C29H29N5O3S/c1-20-6-5-8-22(18-20)28(36)34-16-14-33(15-17-34)24-12-10-23(11-13-24)30-26(35)19-38-29-32-31-27(37-29)25-9-4-3-7-21(25)2/h3-13,18H,14-17,19H2,1-2H3,(H,30,35). The monoisotopic (exact) mass is 527 g/mol. The third kappa shape index (κ3) is 6.06. The number of rotatable bonds is 7. The van der Waals surface area contributed by atoms with Gasteiger partial charge in [-0.3, -0.25) is 9.59 Å². The molecule has 0 spiro atoms. The molecule has 0 aliphatic carbocycles. The van der Waals surface area contributed by atoms with Gasteiger partial charge in [0.2, 0.25) is 11.8 Å². The number of nitrogens with one attached hydrogen (secondary N) is 1. The van der Waals surface area contributed by atoms with Crippen molar-refractivity contribution in [2.45, 2.75) is 19.1 Å². The van der Waals surface area contributed by atoms with Crippen molar-refractivity contribution in [1.82, 2.24) is 15.1 Å². The second kappa shape index (κ2) is 11.5. The molecule has 5 rings (SSSR count). The number of hydrogen-bond acceptors (Lipinski definition) is 7. The van der Waals surface area contributed by atoms with Gasteiger partial charge in [0.05, 0.1) is 5.75 Å². The molecule has 0 bridgehead atoms. The lowest BCUT2D eigenvalue weighted by Gasteiger charge is -2.36. The summed E-state index contributed by atoms with van der Waals surface area (Å²) in [5.41, 5.74) is 5.54. The molecule has 0 radical (unpaired) electrons. The van der Waals surface area contributed by atoms with E-state index < -0.39 is 0 Å². The van der Waals surface area contributed by atoms with Crippen LogP contribution in [0.4, 0.5) is 11.4 Å². The van der Waals surface area contributed by atoms with E-state index in [0.717, 1.165) is 46.7 Å². The zero-order valence-electron chi connectivity index (χ0n) is 21.4. The number of carbonyl (C=O) groups excluding carboxylic acids is 2. The van der Waals surface area contributed by atoms with Crippen LogP contribution in [-0.2, 0) is 4.79 Å². The summed E-state index contributed by atoms with van der Waals surface area (Å²) in [7, 11) is 0. The number of nitrogens with zero attached hydrogens (tertiary/aromatic N) is 4. The fourth-order valence-electron chi connectivity index (χ4n) is 4.40. The Bertz CT molecular complexity index is 1430. The molecule has 4 aromatic rings. The number of anilines is 2. The van der Waals surface area contributed by atoms with Crippen molar-refractivity contribution in [2.75, 3.05) is 42.1 Å². The van der Waals surface area contributed by atoms with E-state index in [-0.39, 0.29) is 17.6 Å². The second-order valence-corrected chi connectivity index (χ2v) is 10.1. The molecular weight excluding hydrogens is 498 g/mol. The van der Waals surface area contributed by atoms with E-state index in [2.05, 4.69) is 20.4 Å². The van der Waals surface area contributed by atoms with Crippen molar-refractivity contribution in [1.29, 1.82) is 0 Å². The highest BCUT2D eigenvalue weighted by atomic mass is 32.2. The zero-order chi connectivity index (χ0) is 26.5. The number of aromatic nitrogens is 2. The Hall–Kier alpha value is -4.11. The minimum absolute atomic E-state index is 0.0798. The molecule has 9 heteroatoms. The van der Waals surface area contributed by atoms with Crippen LogP contribution in [-0.4, -0.2) is 58.8 Å². The Morgan fingerprint density at radius 1 is 0.921 bits per heavy atom. The molecule has 1 aromatic heterocycles. The predicted molar refractivity (Wildman–Crippen MR) is 150 cm³/mol. The molecule has 0 atom stereocenters. The molecule has 38 heavy (non-hydrogen) atoms. The van der Waals surface area contributed by atoms with Gasteiger partial charge in [-0.1, -0.05) is 47.7 Å². The van der Waals surface area contributed by atoms with Crippen LogP contribution in [0, 0.1) is 13.8 Å². The largest absolute Gasteiger partial charge is 0.411 e. The number of hydrogen-bond donors (Lipinski definition) is 1. The van der Waals surface area contributed by atoms with Crippen LogP contribution in [0.3, 0.4) is 0 Å².